The van der Waals surface area contributed by atoms with Gasteiger partial charge in [0.1, 0.15) is 11.9 Å². The van der Waals surface area contributed by atoms with Crippen LogP contribution in [0.3, 0.4) is 0 Å². The number of ether oxygens (including phenoxy) is 1. The predicted octanol–water partition coefficient (Wildman–Crippen LogP) is 4.90. The fourth-order valence-corrected chi connectivity index (χ4v) is 5.49. The molecule has 1 fully saturated rings. The van der Waals surface area contributed by atoms with Crippen molar-refractivity contribution in [3.05, 3.63) is 35.4 Å². The minimum absolute atomic E-state index is 0.0547. The van der Waals surface area contributed by atoms with Crippen LogP contribution in [0, 0.1) is 17.3 Å². The molecule has 0 saturated heterocycles. The lowest BCUT2D eigenvalue weighted by atomic mass is 9.59. The number of fused-ring (bicyclic) bond motifs is 5. The van der Waals surface area contributed by atoms with Crippen LogP contribution in [0.5, 0.6) is 5.75 Å². The third kappa shape index (κ3) is 2.99. The number of phenolic OH excluding ortho intramolecular Hbond substituents is 1. The number of unbranched alkanes of at least 4 members (excludes halogenated alkanes) is 1. The number of Topliss-reactive ketones (excluding diaryl/α,β-unsaturated/α-hetero) is 1. The maximum absolute atomic E-state index is 12.7. The molecule has 1 saturated carbocycles. The molecule has 1 aromatic carbocycles. The first-order valence-corrected chi connectivity index (χ1v) is 10.2. The van der Waals surface area contributed by atoms with Crippen LogP contribution in [0.15, 0.2) is 24.3 Å². The number of carbonyl (C=O) groups excluding carboxylic acids is 2. The molecule has 144 valence electrons. The molecule has 4 rings (SSSR count). The quantitative estimate of drug-likeness (QED) is 0.768. The van der Waals surface area contributed by atoms with Gasteiger partial charge in [-0.15, -0.1) is 0 Å². The number of aromatic hydroxyl groups is 1. The summed E-state index contributed by atoms with van der Waals surface area (Å²) in [4.78, 5) is 24.9. The Morgan fingerprint density at radius 1 is 1.30 bits per heavy atom. The topological polar surface area (TPSA) is 63.6 Å². The monoisotopic (exact) mass is 368 g/mol. The molecular formula is C23H28O4. The summed E-state index contributed by atoms with van der Waals surface area (Å²) in [5.41, 5.74) is 2.76. The normalized spacial score (nSPS) is 31.6. The van der Waals surface area contributed by atoms with Crippen molar-refractivity contribution in [2.24, 2.45) is 17.3 Å². The second kappa shape index (κ2) is 6.81. The van der Waals surface area contributed by atoms with Gasteiger partial charge in [0.05, 0.1) is 0 Å². The summed E-state index contributed by atoms with van der Waals surface area (Å²) in [6.07, 6.45) is 7.78. The summed E-state index contributed by atoms with van der Waals surface area (Å²) in [7, 11) is 0. The number of benzene rings is 1. The standard InChI is InChI=1S/C23H28O4/c1-3-4-5-22(26)27-21-9-8-19-17-13-20(25)18-12-14(24)6-7-15(18)16(17)10-11-23(19,21)2/h6-7,10,12,17,19,21,24H,3-5,8-9,11,13H2,1-2H3/t17-,19+,21+,23+/m1/s1. The predicted molar refractivity (Wildman–Crippen MR) is 103 cm³/mol. The van der Waals surface area contributed by atoms with E-state index in [1.54, 1.807) is 12.1 Å². The van der Waals surface area contributed by atoms with Crippen molar-refractivity contribution in [1.29, 1.82) is 0 Å². The van der Waals surface area contributed by atoms with Gasteiger partial charge in [-0.2, -0.15) is 0 Å². The van der Waals surface area contributed by atoms with Crippen LogP contribution in [0.25, 0.3) is 5.57 Å². The smallest absolute Gasteiger partial charge is 0.306 e. The second-order valence-electron chi connectivity index (χ2n) is 8.60. The van der Waals surface area contributed by atoms with Gasteiger partial charge >= 0.3 is 5.97 Å². The fraction of sp³-hybridized carbons (Fsp3) is 0.565. The zero-order chi connectivity index (χ0) is 19.2. The highest BCUT2D eigenvalue weighted by Crippen LogP contribution is 2.59. The van der Waals surface area contributed by atoms with Crippen LogP contribution in [-0.4, -0.2) is 23.0 Å². The molecule has 4 atom stereocenters. The van der Waals surface area contributed by atoms with E-state index in [4.69, 9.17) is 4.74 Å². The van der Waals surface area contributed by atoms with Crippen LogP contribution in [0.4, 0.5) is 0 Å². The van der Waals surface area contributed by atoms with Crippen molar-refractivity contribution in [3.8, 4) is 5.75 Å². The summed E-state index contributed by atoms with van der Waals surface area (Å²) in [5.74, 6) is 0.705. The number of hydrogen-bond acceptors (Lipinski definition) is 4. The van der Waals surface area contributed by atoms with Crippen molar-refractivity contribution >= 4 is 17.3 Å². The van der Waals surface area contributed by atoms with E-state index in [-0.39, 0.29) is 34.9 Å². The van der Waals surface area contributed by atoms with E-state index in [0.717, 1.165) is 37.7 Å². The average Bonchev–Trinajstić information content (AvgIpc) is 2.97. The van der Waals surface area contributed by atoms with Gasteiger partial charge in [-0.25, -0.2) is 0 Å². The Labute approximate surface area is 160 Å². The van der Waals surface area contributed by atoms with Gasteiger partial charge in [0.2, 0.25) is 0 Å². The van der Waals surface area contributed by atoms with Crippen LogP contribution in [-0.2, 0) is 9.53 Å². The minimum atomic E-state index is -0.0925. The van der Waals surface area contributed by atoms with E-state index in [1.165, 1.54) is 5.57 Å². The number of rotatable bonds is 4. The van der Waals surface area contributed by atoms with Crippen molar-refractivity contribution in [2.45, 2.75) is 64.9 Å². The summed E-state index contributed by atoms with van der Waals surface area (Å²) in [5, 5.41) is 9.75. The van der Waals surface area contributed by atoms with Gasteiger partial charge in [-0.1, -0.05) is 32.4 Å². The highest BCUT2D eigenvalue weighted by atomic mass is 16.5. The maximum Gasteiger partial charge on any atom is 0.306 e. The molecule has 3 aliphatic rings. The molecule has 0 aliphatic heterocycles. The second-order valence-corrected chi connectivity index (χ2v) is 8.60. The lowest BCUT2D eigenvalue weighted by Crippen LogP contribution is -2.42. The largest absolute Gasteiger partial charge is 0.508 e. The van der Waals surface area contributed by atoms with Crippen molar-refractivity contribution < 1.29 is 19.4 Å². The van der Waals surface area contributed by atoms with E-state index in [2.05, 4.69) is 19.9 Å². The molecule has 0 heterocycles. The Bertz CT molecular complexity index is 809. The van der Waals surface area contributed by atoms with E-state index in [0.29, 0.717) is 24.3 Å². The van der Waals surface area contributed by atoms with Gasteiger partial charge in [-0.05, 0) is 60.8 Å². The van der Waals surface area contributed by atoms with E-state index in [1.807, 2.05) is 6.07 Å². The van der Waals surface area contributed by atoms with Crippen molar-refractivity contribution in [1.82, 2.24) is 0 Å². The van der Waals surface area contributed by atoms with Crippen LogP contribution < -0.4 is 0 Å². The molecule has 4 heteroatoms. The van der Waals surface area contributed by atoms with Crippen molar-refractivity contribution in [2.75, 3.05) is 0 Å². The molecule has 1 N–H and O–H groups in total. The molecule has 0 amide bonds. The first kappa shape index (κ1) is 18.3. The lowest BCUT2D eigenvalue weighted by molar-refractivity contribution is -0.155. The molecule has 0 radical (unpaired) electrons. The first-order valence-electron chi connectivity index (χ1n) is 10.2. The first-order chi connectivity index (χ1) is 12.9. The molecule has 4 nitrogen and oxygen atoms in total. The molecule has 0 unspecified atom stereocenters. The molecular weight excluding hydrogens is 340 g/mol. The Balaban J connectivity index is 1.61. The van der Waals surface area contributed by atoms with Crippen molar-refractivity contribution in [3.63, 3.8) is 0 Å². The fourth-order valence-electron chi connectivity index (χ4n) is 5.49. The lowest BCUT2D eigenvalue weighted by Gasteiger charge is -2.45. The Kier molecular flexibility index (Phi) is 4.61. The van der Waals surface area contributed by atoms with Crippen LogP contribution in [0.2, 0.25) is 0 Å². The molecule has 0 bridgehead atoms. The SMILES string of the molecule is CCCCC(=O)O[C@H]1CC[C@H]2[C@@H]3CC(=O)c4cc(O)ccc4C3=CC[C@]12C. The zero-order valence-corrected chi connectivity index (χ0v) is 16.2. The third-order valence-electron chi connectivity index (χ3n) is 7.00. The number of allylic oxidation sites excluding steroid dienone is 2. The van der Waals surface area contributed by atoms with Crippen LogP contribution in [0.1, 0.15) is 74.7 Å². The van der Waals surface area contributed by atoms with Gasteiger partial charge in [0.25, 0.3) is 0 Å². The van der Waals surface area contributed by atoms with E-state index >= 15 is 0 Å². The Morgan fingerprint density at radius 2 is 2.11 bits per heavy atom. The molecule has 3 aliphatic carbocycles. The highest BCUT2D eigenvalue weighted by Gasteiger charge is 2.54. The third-order valence-corrected chi connectivity index (χ3v) is 7.00. The molecule has 27 heavy (non-hydrogen) atoms. The van der Waals surface area contributed by atoms with Gasteiger partial charge in [0, 0.05) is 23.8 Å². The average molecular weight is 368 g/mol. The summed E-state index contributed by atoms with van der Waals surface area (Å²) >= 11 is 0. The number of ketones is 1. The minimum Gasteiger partial charge on any atom is -0.508 e. The summed E-state index contributed by atoms with van der Waals surface area (Å²) in [6, 6.07) is 5.13. The number of hydrogen-bond donors (Lipinski definition) is 1. The van der Waals surface area contributed by atoms with Gasteiger partial charge in [0.15, 0.2) is 5.78 Å². The zero-order valence-electron chi connectivity index (χ0n) is 16.2. The molecule has 0 spiro atoms. The Morgan fingerprint density at radius 3 is 2.89 bits per heavy atom. The van der Waals surface area contributed by atoms with E-state index < -0.39 is 0 Å². The highest BCUT2D eigenvalue weighted by molar-refractivity contribution is 6.05. The summed E-state index contributed by atoms with van der Waals surface area (Å²) in [6.45, 7) is 4.30. The summed E-state index contributed by atoms with van der Waals surface area (Å²) < 4.78 is 5.89. The molecule has 0 aromatic heterocycles. The number of phenols is 1. The number of carbonyl (C=O) groups is 2. The molecule has 1 aromatic rings. The van der Waals surface area contributed by atoms with E-state index in [9.17, 15) is 14.7 Å². The van der Waals surface area contributed by atoms with Gasteiger partial charge < -0.3 is 9.84 Å². The van der Waals surface area contributed by atoms with Crippen LogP contribution >= 0.6 is 0 Å². The maximum atomic E-state index is 12.7. The Hall–Kier alpha value is -2.10. The number of esters is 1. The van der Waals surface area contributed by atoms with Gasteiger partial charge in [-0.3, -0.25) is 9.59 Å².